The first-order valence-electron chi connectivity index (χ1n) is 11.6. The highest BCUT2D eigenvalue weighted by Gasteiger charge is 2.34. The number of aromatic nitrogens is 2. The van der Waals surface area contributed by atoms with Crippen molar-refractivity contribution in [3.63, 3.8) is 0 Å². The standard InChI is InChI=1S/C25H27ClN4O5S/c1-3-35-21-8-7-19(26)15-22(21)36(33,34)30-11-9-17(10-12-30)25(32)28-20-6-4-5-18(14-20)24-27-16(2)13-23(31)29-24/h4-8,13-15,17H,3,9-12H2,1-2H3,(H,28,32)(H,27,29,31). The van der Waals surface area contributed by atoms with Gasteiger partial charge in [-0.3, -0.25) is 9.59 Å². The van der Waals surface area contributed by atoms with E-state index in [1.807, 2.05) is 0 Å². The molecule has 0 atom stereocenters. The lowest BCUT2D eigenvalue weighted by atomic mass is 9.97. The molecular formula is C25H27ClN4O5S. The first kappa shape index (κ1) is 25.9. The van der Waals surface area contributed by atoms with E-state index in [2.05, 4.69) is 15.3 Å². The van der Waals surface area contributed by atoms with Crippen LogP contribution in [0.3, 0.4) is 0 Å². The van der Waals surface area contributed by atoms with Gasteiger partial charge in [-0.25, -0.2) is 13.4 Å². The maximum atomic E-state index is 13.3. The van der Waals surface area contributed by atoms with Crippen molar-refractivity contribution >= 4 is 33.2 Å². The number of anilines is 1. The molecule has 9 nitrogen and oxygen atoms in total. The second-order valence-corrected chi connectivity index (χ2v) is 10.9. The van der Waals surface area contributed by atoms with E-state index >= 15 is 0 Å². The zero-order valence-corrected chi connectivity index (χ0v) is 21.5. The summed E-state index contributed by atoms with van der Waals surface area (Å²) in [6.07, 6.45) is 0.754. The van der Waals surface area contributed by atoms with E-state index in [-0.39, 0.29) is 41.1 Å². The van der Waals surface area contributed by atoms with E-state index < -0.39 is 10.0 Å². The van der Waals surface area contributed by atoms with Gasteiger partial charge in [0, 0.05) is 47.0 Å². The number of nitrogens with one attached hydrogen (secondary N) is 2. The van der Waals surface area contributed by atoms with E-state index in [1.54, 1.807) is 50.2 Å². The Bertz CT molecular complexity index is 1430. The molecule has 2 heterocycles. The molecule has 0 bridgehead atoms. The highest BCUT2D eigenvalue weighted by Crippen LogP contribution is 2.32. The van der Waals surface area contributed by atoms with E-state index in [1.165, 1.54) is 16.4 Å². The molecule has 36 heavy (non-hydrogen) atoms. The van der Waals surface area contributed by atoms with Gasteiger partial charge in [0.1, 0.15) is 16.5 Å². The van der Waals surface area contributed by atoms with Crippen LogP contribution in [0.5, 0.6) is 5.75 Å². The van der Waals surface area contributed by atoms with Crippen molar-refractivity contribution in [1.29, 1.82) is 0 Å². The van der Waals surface area contributed by atoms with Crippen molar-refractivity contribution in [2.24, 2.45) is 5.92 Å². The summed E-state index contributed by atoms with van der Waals surface area (Å²) in [5.41, 5.74) is 1.58. The van der Waals surface area contributed by atoms with E-state index in [0.717, 1.165) is 0 Å². The molecule has 3 aromatic rings. The molecule has 2 N–H and O–H groups in total. The number of aromatic amines is 1. The third-order valence-electron chi connectivity index (χ3n) is 5.92. The Balaban J connectivity index is 1.43. The summed E-state index contributed by atoms with van der Waals surface area (Å²) in [5, 5.41) is 3.21. The van der Waals surface area contributed by atoms with Crippen LogP contribution in [0.15, 0.2) is 58.2 Å². The smallest absolute Gasteiger partial charge is 0.251 e. The Morgan fingerprint density at radius 2 is 1.94 bits per heavy atom. The number of nitrogens with zero attached hydrogens (tertiary/aromatic N) is 2. The number of aryl methyl sites for hydroxylation is 1. The fourth-order valence-electron chi connectivity index (χ4n) is 4.16. The van der Waals surface area contributed by atoms with Crippen molar-refractivity contribution in [2.75, 3.05) is 25.0 Å². The van der Waals surface area contributed by atoms with Crippen LogP contribution in [0.1, 0.15) is 25.5 Å². The molecule has 0 radical (unpaired) electrons. The predicted molar refractivity (Wildman–Crippen MR) is 138 cm³/mol. The summed E-state index contributed by atoms with van der Waals surface area (Å²) >= 11 is 6.06. The molecule has 0 aliphatic carbocycles. The second-order valence-electron chi connectivity index (χ2n) is 8.51. The minimum absolute atomic E-state index is 0.0272. The van der Waals surface area contributed by atoms with Gasteiger partial charge in [-0.05, 0) is 57.0 Å². The highest BCUT2D eigenvalue weighted by atomic mass is 35.5. The van der Waals surface area contributed by atoms with Crippen LogP contribution in [0, 0.1) is 12.8 Å². The first-order valence-corrected chi connectivity index (χ1v) is 13.4. The number of benzene rings is 2. The van der Waals surface area contributed by atoms with Crippen LogP contribution in [0.25, 0.3) is 11.4 Å². The zero-order valence-electron chi connectivity index (χ0n) is 20.0. The summed E-state index contributed by atoms with van der Waals surface area (Å²) in [7, 11) is -3.83. The van der Waals surface area contributed by atoms with Gasteiger partial charge < -0.3 is 15.0 Å². The minimum Gasteiger partial charge on any atom is -0.492 e. The molecule has 11 heteroatoms. The fourth-order valence-corrected chi connectivity index (χ4v) is 6.02. The van der Waals surface area contributed by atoms with E-state index in [0.29, 0.717) is 47.2 Å². The summed E-state index contributed by atoms with van der Waals surface area (Å²) in [4.78, 5) is 31.8. The van der Waals surface area contributed by atoms with E-state index in [4.69, 9.17) is 16.3 Å². The number of halogens is 1. The highest BCUT2D eigenvalue weighted by molar-refractivity contribution is 7.89. The summed E-state index contributed by atoms with van der Waals surface area (Å²) < 4.78 is 33.4. The lowest BCUT2D eigenvalue weighted by molar-refractivity contribution is -0.120. The summed E-state index contributed by atoms with van der Waals surface area (Å²) in [5.74, 6) is 0.142. The molecule has 0 unspecified atom stereocenters. The van der Waals surface area contributed by atoms with Crippen LogP contribution in [0.4, 0.5) is 5.69 Å². The van der Waals surface area contributed by atoms with Crippen LogP contribution >= 0.6 is 11.6 Å². The molecule has 0 saturated carbocycles. The molecule has 1 saturated heterocycles. The number of H-pyrrole nitrogens is 1. The Morgan fingerprint density at radius 3 is 2.64 bits per heavy atom. The third-order valence-corrected chi connectivity index (χ3v) is 8.08. The number of carbonyl (C=O) groups is 1. The molecule has 1 amide bonds. The maximum absolute atomic E-state index is 13.3. The van der Waals surface area contributed by atoms with Gasteiger partial charge >= 0.3 is 0 Å². The van der Waals surface area contributed by atoms with Crippen molar-refractivity contribution in [3.8, 4) is 17.1 Å². The third kappa shape index (κ3) is 5.77. The van der Waals surface area contributed by atoms with Crippen molar-refractivity contribution < 1.29 is 17.9 Å². The zero-order chi connectivity index (χ0) is 25.9. The number of sulfonamides is 1. The number of hydrogen-bond donors (Lipinski definition) is 2. The van der Waals surface area contributed by atoms with E-state index in [9.17, 15) is 18.0 Å². The number of ether oxygens (including phenoxy) is 1. The average molecular weight is 531 g/mol. The van der Waals surface area contributed by atoms with Crippen LogP contribution in [-0.2, 0) is 14.8 Å². The Labute approximate surface area is 214 Å². The molecule has 1 aliphatic heterocycles. The van der Waals surface area contributed by atoms with Crippen LogP contribution in [-0.4, -0.2) is 48.3 Å². The molecule has 1 fully saturated rings. The molecule has 4 rings (SSSR count). The van der Waals surface area contributed by atoms with Crippen molar-refractivity contribution in [1.82, 2.24) is 14.3 Å². The van der Waals surface area contributed by atoms with Crippen LogP contribution in [0.2, 0.25) is 5.02 Å². The van der Waals surface area contributed by atoms with Gasteiger partial charge in [0.05, 0.1) is 6.61 Å². The number of carbonyl (C=O) groups excluding carboxylic acids is 1. The predicted octanol–water partition coefficient (Wildman–Crippen LogP) is 3.84. The summed E-state index contributed by atoms with van der Waals surface area (Å²) in [6.45, 7) is 4.24. The Hall–Kier alpha value is -3.21. The molecule has 1 aromatic heterocycles. The fraction of sp³-hybridized carbons (Fsp3) is 0.320. The van der Waals surface area contributed by atoms with Crippen molar-refractivity contribution in [2.45, 2.75) is 31.6 Å². The normalized spacial score (nSPS) is 15.0. The molecule has 190 valence electrons. The van der Waals surface area contributed by atoms with Crippen LogP contribution < -0.4 is 15.6 Å². The number of rotatable bonds is 7. The topological polar surface area (TPSA) is 121 Å². The molecular weight excluding hydrogens is 504 g/mol. The van der Waals surface area contributed by atoms with Gasteiger partial charge in [-0.1, -0.05) is 23.7 Å². The molecule has 1 aliphatic rings. The molecule has 2 aromatic carbocycles. The van der Waals surface area contributed by atoms with Crippen molar-refractivity contribution in [3.05, 3.63) is 69.6 Å². The average Bonchev–Trinajstić information content (AvgIpc) is 2.85. The van der Waals surface area contributed by atoms with Gasteiger partial charge in [-0.15, -0.1) is 0 Å². The minimum atomic E-state index is -3.83. The molecule has 0 spiro atoms. The quantitative estimate of drug-likeness (QED) is 0.478. The Morgan fingerprint density at radius 1 is 1.19 bits per heavy atom. The lowest BCUT2D eigenvalue weighted by Crippen LogP contribution is -2.41. The first-order chi connectivity index (χ1) is 17.2. The van der Waals surface area contributed by atoms with Gasteiger partial charge in [-0.2, -0.15) is 4.31 Å². The van der Waals surface area contributed by atoms with Gasteiger partial charge in [0.2, 0.25) is 15.9 Å². The van der Waals surface area contributed by atoms with Gasteiger partial charge in [0.15, 0.2) is 0 Å². The Kier molecular flexibility index (Phi) is 7.77. The van der Waals surface area contributed by atoms with Gasteiger partial charge in [0.25, 0.3) is 5.56 Å². The largest absolute Gasteiger partial charge is 0.492 e. The second kappa shape index (κ2) is 10.8. The summed E-state index contributed by atoms with van der Waals surface area (Å²) in [6, 6.07) is 13.0. The number of piperidine rings is 1. The number of amides is 1. The number of hydrogen-bond acceptors (Lipinski definition) is 6. The SMILES string of the molecule is CCOc1ccc(Cl)cc1S(=O)(=O)N1CCC(C(=O)Nc2cccc(-c3nc(C)cc(=O)[nH]3)c2)CC1. The monoisotopic (exact) mass is 530 g/mol. The maximum Gasteiger partial charge on any atom is 0.251 e. The lowest BCUT2D eigenvalue weighted by Gasteiger charge is -2.31.